The van der Waals surface area contributed by atoms with Crippen molar-refractivity contribution in [3.63, 3.8) is 0 Å². The number of carbonyl (C=O) groups excluding carboxylic acids is 5. The van der Waals surface area contributed by atoms with E-state index in [4.69, 9.17) is 18.9 Å². The Kier molecular flexibility index (Phi) is 15.2. The Morgan fingerprint density at radius 1 is 0.682 bits per heavy atom. The third-order valence-corrected chi connectivity index (χ3v) is 5.45. The molecule has 248 valence electrons. The molecule has 0 saturated carbocycles. The molecular formula is C32H51N3O9. The second-order valence-electron chi connectivity index (χ2n) is 13.4. The highest BCUT2D eigenvalue weighted by Crippen LogP contribution is 2.15. The number of amides is 3. The zero-order chi connectivity index (χ0) is 33.6. The van der Waals surface area contributed by atoms with Gasteiger partial charge in [-0.25, -0.2) is 19.2 Å². The second kappa shape index (κ2) is 17.5. The van der Waals surface area contributed by atoms with E-state index < -0.39 is 58.9 Å². The lowest BCUT2D eigenvalue weighted by atomic mass is 10.1. The molecule has 0 aromatic heterocycles. The highest BCUT2D eigenvalue weighted by atomic mass is 16.6. The van der Waals surface area contributed by atoms with Crippen LogP contribution in [0.3, 0.4) is 0 Å². The van der Waals surface area contributed by atoms with Crippen LogP contribution in [0.25, 0.3) is 0 Å². The molecule has 1 aromatic rings. The fourth-order valence-electron chi connectivity index (χ4n) is 3.69. The number of carbonyl (C=O) groups is 5. The molecule has 12 nitrogen and oxygen atoms in total. The van der Waals surface area contributed by atoms with E-state index in [-0.39, 0.29) is 25.9 Å². The number of alkyl carbamates (subject to hydrolysis) is 1. The minimum atomic E-state index is -1.17. The van der Waals surface area contributed by atoms with Crippen LogP contribution in [0.5, 0.6) is 0 Å². The summed E-state index contributed by atoms with van der Waals surface area (Å²) in [5.74, 6) is -1.90. The van der Waals surface area contributed by atoms with Crippen molar-refractivity contribution in [2.75, 3.05) is 6.54 Å². The van der Waals surface area contributed by atoms with Crippen molar-refractivity contribution < 1.29 is 42.9 Å². The maximum Gasteiger partial charge on any atom is 0.407 e. The van der Waals surface area contributed by atoms with Crippen molar-refractivity contribution in [2.24, 2.45) is 0 Å². The number of nitrogens with one attached hydrogen (secondary N) is 3. The van der Waals surface area contributed by atoms with Crippen LogP contribution < -0.4 is 16.0 Å². The first-order chi connectivity index (χ1) is 20.2. The number of benzene rings is 1. The molecule has 0 bridgehead atoms. The SMILES string of the molecule is CC(C)(C)OC(=O)CC[C@@H](NC(=O)N[C@@H](CCCCNC(=O)OCc1ccccc1)C(=O)OC(C)(C)C)C(=O)OC(C)(C)C. The molecule has 44 heavy (non-hydrogen) atoms. The summed E-state index contributed by atoms with van der Waals surface area (Å²) in [6.45, 7) is 15.8. The van der Waals surface area contributed by atoms with Crippen molar-refractivity contribution in [2.45, 2.75) is 130 Å². The van der Waals surface area contributed by atoms with Crippen molar-refractivity contribution in [1.82, 2.24) is 16.0 Å². The summed E-state index contributed by atoms with van der Waals surface area (Å²) in [7, 11) is 0. The Labute approximate surface area is 261 Å². The number of hydrogen-bond donors (Lipinski definition) is 3. The van der Waals surface area contributed by atoms with Gasteiger partial charge in [0.15, 0.2) is 0 Å². The summed E-state index contributed by atoms with van der Waals surface area (Å²) >= 11 is 0. The summed E-state index contributed by atoms with van der Waals surface area (Å²) in [5, 5.41) is 7.79. The minimum absolute atomic E-state index is 0.0691. The molecule has 0 aliphatic heterocycles. The van der Waals surface area contributed by atoms with Gasteiger partial charge in [-0.2, -0.15) is 0 Å². The number of urea groups is 1. The molecule has 2 atom stereocenters. The molecule has 1 rings (SSSR count). The van der Waals surface area contributed by atoms with Gasteiger partial charge < -0.3 is 34.9 Å². The van der Waals surface area contributed by atoms with Crippen LogP contribution in [-0.4, -0.2) is 65.5 Å². The highest BCUT2D eigenvalue weighted by molar-refractivity contribution is 5.87. The van der Waals surface area contributed by atoms with E-state index in [0.717, 1.165) is 5.56 Å². The van der Waals surface area contributed by atoms with Crippen LogP contribution in [0, 0.1) is 0 Å². The number of rotatable bonds is 14. The van der Waals surface area contributed by atoms with Crippen molar-refractivity contribution >= 4 is 30.0 Å². The normalized spacial score (nSPS) is 13.1. The molecular weight excluding hydrogens is 570 g/mol. The van der Waals surface area contributed by atoms with Gasteiger partial charge in [-0.05, 0) is 93.6 Å². The van der Waals surface area contributed by atoms with Gasteiger partial charge in [-0.15, -0.1) is 0 Å². The average molecular weight is 622 g/mol. The standard InChI is InChI=1S/C32H51N3O9/c1-30(2,3)42-25(36)19-18-24(27(38)44-32(7,8)9)35-28(39)34-23(26(37)43-31(4,5)6)17-13-14-20-33-29(40)41-21-22-15-11-10-12-16-22/h10-12,15-16,23-24H,13-14,17-21H2,1-9H3,(H,33,40)(H2,34,35,39)/t23-,24+/m0/s1. The molecule has 0 saturated heterocycles. The third kappa shape index (κ3) is 18.7. The van der Waals surface area contributed by atoms with Gasteiger partial charge in [-0.3, -0.25) is 4.79 Å². The fourth-order valence-corrected chi connectivity index (χ4v) is 3.69. The average Bonchev–Trinajstić information content (AvgIpc) is 2.86. The first kappa shape index (κ1) is 38.2. The van der Waals surface area contributed by atoms with Gasteiger partial charge in [0.2, 0.25) is 0 Å². The van der Waals surface area contributed by atoms with Crippen LogP contribution in [0.2, 0.25) is 0 Å². The lowest BCUT2D eigenvalue weighted by molar-refractivity contribution is -0.159. The first-order valence-electron chi connectivity index (χ1n) is 14.9. The predicted molar refractivity (Wildman–Crippen MR) is 164 cm³/mol. The van der Waals surface area contributed by atoms with Crippen LogP contribution in [0.4, 0.5) is 9.59 Å². The van der Waals surface area contributed by atoms with Crippen molar-refractivity contribution in [1.29, 1.82) is 0 Å². The summed E-state index contributed by atoms with van der Waals surface area (Å²) < 4.78 is 21.4. The lowest BCUT2D eigenvalue weighted by Crippen LogP contribution is -2.53. The molecule has 12 heteroatoms. The molecule has 0 radical (unpaired) electrons. The molecule has 3 amide bonds. The summed E-state index contributed by atoms with van der Waals surface area (Å²) in [4.78, 5) is 63.1. The van der Waals surface area contributed by atoms with E-state index in [1.165, 1.54) is 0 Å². The van der Waals surface area contributed by atoms with E-state index >= 15 is 0 Å². The van der Waals surface area contributed by atoms with Gasteiger partial charge in [0.1, 0.15) is 35.5 Å². The molecule has 0 spiro atoms. The first-order valence-corrected chi connectivity index (χ1v) is 14.9. The van der Waals surface area contributed by atoms with Crippen LogP contribution in [0.1, 0.15) is 100.0 Å². The molecule has 0 unspecified atom stereocenters. The summed E-state index contributed by atoms with van der Waals surface area (Å²) in [5.41, 5.74) is -1.47. The monoisotopic (exact) mass is 621 g/mol. The van der Waals surface area contributed by atoms with E-state index in [0.29, 0.717) is 19.4 Å². The molecule has 1 aromatic carbocycles. The van der Waals surface area contributed by atoms with Crippen molar-refractivity contribution in [3.8, 4) is 0 Å². The van der Waals surface area contributed by atoms with E-state index in [2.05, 4.69) is 16.0 Å². The highest BCUT2D eigenvalue weighted by Gasteiger charge is 2.31. The fraction of sp³-hybridized carbons (Fsp3) is 0.656. The predicted octanol–water partition coefficient (Wildman–Crippen LogP) is 4.92. The quantitative estimate of drug-likeness (QED) is 0.149. The number of esters is 3. The topological polar surface area (TPSA) is 158 Å². The van der Waals surface area contributed by atoms with Gasteiger partial charge in [0.05, 0.1) is 0 Å². The van der Waals surface area contributed by atoms with E-state index in [1.807, 2.05) is 30.3 Å². The summed E-state index contributed by atoms with van der Waals surface area (Å²) in [6.07, 6.45) is 0.391. The Hall–Kier alpha value is -3.83. The maximum atomic E-state index is 13.0. The van der Waals surface area contributed by atoms with Crippen LogP contribution in [-0.2, 0) is 39.9 Å². The van der Waals surface area contributed by atoms with Gasteiger partial charge in [0.25, 0.3) is 0 Å². The van der Waals surface area contributed by atoms with E-state index in [9.17, 15) is 24.0 Å². The lowest BCUT2D eigenvalue weighted by Gasteiger charge is -2.27. The Balaban J connectivity index is 2.77. The smallest absolute Gasteiger partial charge is 0.407 e. The number of hydrogen-bond acceptors (Lipinski definition) is 9. The number of unbranched alkanes of at least 4 members (excludes halogenated alkanes) is 1. The second-order valence-corrected chi connectivity index (χ2v) is 13.4. The van der Waals surface area contributed by atoms with Gasteiger partial charge in [-0.1, -0.05) is 30.3 Å². The van der Waals surface area contributed by atoms with Crippen LogP contribution in [0.15, 0.2) is 30.3 Å². The molecule has 0 fully saturated rings. The van der Waals surface area contributed by atoms with Gasteiger partial charge in [0, 0.05) is 13.0 Å². The molecule has 0 heterocycles. The molecule has 0 aliphatic carbocycles. The largest absolute Gasteiger partial charge is 0.460 e. The van der Waals surface area contributed by atoms with Crippen molar-refractivity contribution in [3.05, 3.63) is 35.9 Å². The Bertz CT molecular complexity index is 1090. The third-order valence-electron chi connectivity index (χ3n) is 5.45. The Morgan fingerprint density at radius 3 is 1.68 bits per heavy atom. The van der Waals surface area contributed by atoms with E-state index in [1.54, 1.807) is 62.3 Å². The molecule has 0 aliphatic rings. The maximum absolute atomic E-state index is 13.0. The zero-order valence-corrected chi connectivity index (χ0v) is 27.7. The Morgan fingerprint density at radius 2 is 1.18 bits per heavy atom. The van der Waals surface area contributed by atoms with Gasteiger partial charge >= 0.3 is 30.0 Å². The zero-order valence-electron chi connectivity index (χ0n) is 27.7. The number of ether oxygens (including phenoxy) is 4. The minimum Gasteiger partial charge on any atom is -0.460 e. The molecule has 3 N–H and O–H groups in total. The summed E-state index contributed by atoms with van der Waals surface area (Å²) in [6, 6.07) is 6.27. The van der Waals surface area contributed by atoms with Crippen LogP contribution >= 0.6 is 0 Å².